The standard InChI is InChI=1S/C18H18Cl2N2O/c1-3-4-11-5-7-14(13-8-6-12(19)9-15(13)20)17-16(11)18(23)22-10(2)21-17/h3,6,8-9,11,14H,1,4-5,7H2,2H3,(H,21,22,23). The Kier molecular flexibility index (Phi) is 4.60. The number of H-pyrrole nitrogens is 1. The van der Waals surface area contributed by atoms with E-state index >= 15 is 0 Å². The third-order valence-corrected chi connectivity index (χ3v) is 5.00. The van der Waals surface area contributed by atoms with Crippen molar-refractivity contribution in [1.82, 2.24) is 9.97 Å². The fourth-order valence-corrected chi connectivity index (χ4v) is 3.99. The molecular weight excluding hydrogens is 331 g/mol. The van der Waals surface area contributed by atoms with Crippen LogP contribution in [0.3, 0.4) is 0 Å². The van der Waals surface area contributed by atoms with Gasteiger partial charge in [0, 0.05) is 21.5 Å². The Labute approximate surface area is 145 Å². The zero-order valence-electron chi connectivity index (χ0n) is 12.9. The molecule has 5 heteroatoms. The number of benzene rings is 1. The van der Waals surface area contributed by atoms with Crippen LogP contribution in [-0.2, 0) is 0 Å². The lowest BCUT2D eigenvalue weighted by Crippen LogP contribution is -2.28. The average Bonchev–Trinajstić information content (AvgIpc) is 2.48. The summed E-state index contributed by atoms with van der Waals surface area (Å²) in [5.74, 6) is 0.821. The van der Waals surface area contributed by atoms with Crippen LogP contribution >= 0.6 is 23.2 Å². The van der Waals surface area contributed by atoms with Crippen LogP contribution in [-0.4, -0.2) is 9.97 Å². The van der Waals surface area contributed by atoms with Gasteiger partial charge >= 0.3 is 0 Å². The Balaban J connectivity index is 2.17. The van der Waals surface area contributed by atoms with E-state index in [4.69, 9.17) is 23.2 Å². The van der Waals surface area contributed by atoms with Gasteiger partial charge in [0.05, 0.1) is 5.69 Å². The molecular formula is C18H18Cl2N2O. The predicted octanol–water partition coefficient (Wildman–Crippen LogP) is 4.97. The van der Waals surface area contributed by atoms with Crippen LogP contribution in [0.15, 0.2) is 35.6 Å². The molecule has 0 aliphatic heterocycles. The summed E-state index contributed by atoms with van der Waals surface area (Å²) in [4.78, 5) is 20.0. The van der Waals surface area contributed by atoms with Crippen molar-refractivity contribution in [2.24, 2.45) is 0 Å². The Morgan fingerprint density at radius 3 is 2.87 bits per heavy atom. The molecule has 0 saturated carbocycles. The van der Waals surface area contributed by atoms with Crippen LogP contribution in [0.5, 0.6) is 0 Å². The molecule has 1 aromatic carbocycles. The molecule has 1 aromatic heterocycles. The van der Waals surface area contributed by atoms with E-state index < -0.39 is 0 Å². The number of allylic oxidation sites excluding steroid dienone is 1. The van der Waals surface area contributed by atoms with E-state index in [0.29, 0.717) is 15.9 Å². The molecule has 2 aromatic rings. The maximum atomic E-state index is 12.5. The van der Waals surface area contributed by atoms with Crippen molar-refractivity contribution in [2.75, 3.05) is 0 Å². The van der Waals surface area contributed by atoms with Crippen molar-refractivity contribution < 1.29 is 0 Å². The number of halogens is 2. The monoisotopic (exact) mass is 348 g/mol. The van der Waals surface area contributed by atoms with Gasteiger partial charge in [0.25, 0.3) is 5.56 Å². The Bertz CT molecular complexity index is 813. The van der Waals surface area contributed by atoms with Crippen LogP contribution < -0.4 is 5.56 Å². The van der Waals surface area contributed by atoms with Crippen molar-refractivity contribution in [1.29, 1.82) is 0 Å². The molecule has 2 atom stereocenters. The van der Waals surface area contributed by atoms with E-state index in [2.05, 4.69) is 16.5 Å². The predicted molar refractivity (Wildman–Crippen MR) is 94.7 cm³/mol. The summed E-state index contributed by atoms with van der Waals surface area (Å²) < 4.78 is 0. The number of hydrogen-bond donors (Lipinski definition) is 1. The molecule has 0 amide bonds. The molecule has 3 nitrogen and oxygen atoms in total. The van der Waals surface area contributed by atoms with Gasteiger partial charge in [-0.15, -0.1) is 6.58 Å². The third-order valence-electron chi connectivity index (χ3n) is 4.43. The first kappa shape index (κ1) is 16.3. The Morgan fingerprint density at radius 1 is 1.39 bits per heavy atom. The Morgan fingerprint density at radius 2 is 2.17 bits per heavy atom. The fourth-order valence-electron chi connectivity index (χ4n) is 3.45. The van der Waals surface area contributed by atoms with Crippen molar-refractivity contribution in [3.63, 3.8) is 0 Å². The highest BCUT2D eigenvalue weighted by Crippen LogP contribution is 2.43. The fraction of sp³-hybridized carbons (Fsp3) is 0.333. The highest BCUT2D eigenvalue weighted by atomic mass is 35.5. The summed E-state index contributed by atoms with van der Waals surface area (Å²) in [5, 5.41) is 1.23. The van der Waals surface area contributed by atoms with Gasteiger partial charge in [0.15, 0.2) is 0 Å². The van der Waals surface area contributed by atoms with Crippen LogP contribution in [0.1, 0.15) is 53.7 Å². The van der Waals surface area contributed by atoms with Gasteiger partial charge in [-0.25, -0.2) is 4.98 Å². The molecule has 3 rings (SSSR count). The van der Waals surface area contributed by atoms with Crippen molar-refractivity contribution in [3.8, 4) is 0 Å². The second-order valence-corrected chi connectivity index (χ2v) is 6.81. The number of nitrogens with zero attached hydrogens (tertiary/aromatic N) is 1. The zero-order chi connectivity index (χ0) is 16.6. The maximum absolute atomic E-state index is 12.5. The first-order chi connectivity index (χ1) is 11.0. The number of nitrogens with one attached hydrogen (secondary N) is 1. The van der Waals surface area contributed by atoms with Gasteiger partial charge in [-0.05, 0) is 49.8 Å². The normalized spacial score (nSPS) is 20.1. The molecule has 0 bridgehead atoms. The minimum absolute atomic E-state index is 0.0248. The summed E-state index contributed by atoms with van der Waals surface area (Å²) in [6.07, 6.45) is 4.46. The van der Waals surface area contributed by atoms with Gasteiger partial charge in [-0.2, -0.15) is 0 Å². The lowest BCUT2D eigenvalue weighted by molar-refractivity contribution is 0.501. The topological polar surface area (TPSA) is 45.8 Å². The molecule has 1 N–H and O–H groups in total. The molecule has 1 heterocycles. The molecule has 120 valence electrons. The summed E-state index contributed by atoms with van der Waals surface area (Å²) in [6, 6.07) is 5.51. The number of fused-ring (bicyclic) bond motifs is 1. The van der Waals surface area contributed by atoms with Crippen LogP contribution in [0.25, 0.3) is 0 Å². The van der Waals surface area contributed by atoms with Crippen molar-refractivity contribution in [3.05, 3.63) is 73.9 Å². The van der Waals surface area contributed by atoms with Gasteiger partial charge in [0.2, 0.25) is 0 Å². The number of rotatable bonds is 3. The number of aryl methyl sites for hydroxylation is 1. The van der Waals surface area contributed by atoms with E-state index in [0.717, 1.165) is 36.1 Å². The number of aromatic nitrogens is 2. The van der Waals surface area contributed by atoms with Gasteiger partial charge in [-0.1, -0.05) is 35.3 Å². The molecule has 1 aliphatic carbocycles. The summed E-state index contributed by atoms with van der Waals surface area (Å²) >= 11 is 12.4. The van der Waals surface area contributed by atoms with Crippen molar-refractivity contribution in [2.45, 2.75) is 38.0 Å². The van der Waals surface area contributed by atoms with E-state index in [1.807, 2.05) is 18.2 Å². The number of hydrogen-bond acceptors (Lipinski definition) is 2. The lowest BCUT2D eigenvalue weighted by Gasteiger charge is -2.30. The minimum atomic E-state index is -0.0471. The van der Waals surface area contributed by atoms with Crippen molar-refractivity contribution >= 4 is 23.2 Å². The Hall–Kier alpha value is -1.58. The van der Waals surface area contributed by atoms with Crippen LogP contribution in [0, 0.1) is 6.92 Å². The van der Waals surface area contributed by atoms with E-state index in [1.54, 1.807) is 13.0 Å². The van der Waals surface area contributed by atoms with Crippen LogP contribution in [0.2, 0.25) is 10.0 Å². The van der Waals surface area contributed by atoms with Crippen LogP contribution in [0.4, 0.5) is 0 Å². The summed E-state index contributed by atoms with van der Waals surface area (Å²) in [7, 11) is 0. The second kappa shape index (κ2) is 6.50. The quantitative estimate of drug-likeness (QED) is 0.795. The van der Waals surface area contributed by atoms with Gasteiger partial charge < -0.3 is 4.98 Å². The summed E-state index contributed by atoms with van der Waals surface area (Å²) in [5.41, 5.74) is 2.55. The minimum Gasteiger partial charge on any atom is -0.311 e. The first-order valence-electron chi connectivity index (χ1n) is 7.67. The summed E-state index contributed by atoms with van der Waals surface area (Å²) in [6.45, 7) is 5.61. The SMILES string of the molecule is C=CCC1CCC(c2ccc(Cl)cc2Cl)c2nc(C)[nH]c(=O)c21. The van der Waals surface area contributed by atoms with Gasteiger partial charge in [-0.3, -0.25) is 4.79 Å². The molecule has 2 unspecified atom stereocenters. The van der Waals surface area contributed by atoms with Gasteiger partial charge in [0.1, 0.15) is 5.82 Å². The first-order valence-corrected chi connectivity index (χ1v) is 8.43. The lowest BCUT2D eigenvalue weighted by atomic mass is 9.76. The van der Waals surface area contributed by atoms with E-state index in [9.17, 15) is 4.79 Å². The largest absolute Gasteiger partial charge is 0.311 e. The average molecular weight is 349 g/mol. The molecule has 23 heavy (non-hydrogen) atoms. The second-order valence-electron chi connectivity index (χ2n) is 5.97. The highest BCUT2D eigenvalue weighted by molar-refractivity contribution is 6.35. The zero-order valence-corrected chi connectivity index (χ0v) is 14.4. The van der Waals surface area contributed by atoms with E-state index in [1.165, 1.54) is 0 Å². The molecule has 0 spiro atoms. The highest BCUT2D eigenvalue weighted by Gasteiger charge is 2.32. The molecule has 0 radical (unpaired) electrons. The molecule has 0 fully saturated rings. The number of aromatic amines is 1. The molecule has 1 aliphatic rings. The molecule has 0 saturated heterocycles. The third kappa shape index (κ3) is 3.08. The maximum Gasteiger partial charge on any atom is 0.254 e. The van der Waals surface area contributed by atoms with E-state index in [-0.39, 0.29) is 17.4 Å². The smallest absolute Gasteiger partial charge is 0.254 e.